The van der Waals surface area contributed by atoms with Gasteiger partial charge in [0.05, 0.1) is 23.9 Å². The lowest BCUT2D eigenvalue weighted by molar-refractivity contribution is 0.122. The fourth-order valence-electron chi connectivity index (χ4n) is 1.95. The lowest BCUT2D eigenvalue weighted by atomic mass is 10.3. The summed E-state index contributed by atoms with van der Waals surface area (Å²) >= 11 is 6.17. The lowest BCUT2D eigenvalue weighted by Crippen LogP contribution is -2.36. The molecular weight excluding hydrogens is 250 g/mol. The second-order valence-electron chi connectivity index (χ2n) is 4.37. The molecule has 2 heterocycles. The predicted molar refractivity (Wildman–Crippen MR) is 74.3 cm³/mol. The van der Waals surface area contributed by atoms with E-state index in [-0.39, 0.29) is 0 Å². The molecule has 1 aromatic heterocycles. The normalized spacial score (nSPS) is 16.0. The Hall–Kier alpha value is -0.840. The fraction of sp³-hybridized carbons (Fsp3) is 0.615. The van der Waals surface area contributed by atoms with Crippen LogP contribution in [0.3, 0.4) is 0 Å². The molecule has 100 valence electrons. The van der Waals surface area contributed by atoms with E-state index in [0.29, 0.717) is 0 Å². The summed E-state index contributed by atoms with van der Waals surface area (Å²) < 4.78 is 5.35. The Morgan fingerprint density at radius 1 is 1.39 bits per heavy atom. The van der Waals surface area contributed by atoms with Crippen molar-refractivity contribution >= 4 is 17.4 Å². The van der Waals surface area contributed by atoms with Gasteiger partial charge in [-0.25, -0.2) is 4.98 Å². The number of rotatable bonds is 5. The van der Waals surface area contributed by atoms with E-state index in [9.17, 15) is 0 Å². The summed E-state index contributed by atoms with van der Waals surface area (Å²) in [6.07, 6.45) is 1.11. The van der Waals surface area contributed by atoms with Crippen LogP contribution < -0.4 is 10.2 Å². The van der Waals surface area contributed by atoms with Gasteiger partial charge in [0.15, 0.2) is 0 Å². The van der Waals surface area contributed by atoms with Gasteiger partial charge in [0, 0.05) is 19.6 Å². The number of hydrogen-bond donors (Lipinski definition) is 1. The lowest BCUT2D eigenvalue weighted by Gasteiger charge is -2.28. The average molecular weight is 270 g/mol. The highest BCUT2D eigenvalue weighted by Gasteiger charge is 2.13. The van der Waals surface area contributed by atoms with Crippen LogP contribution in [-0.2, 0) is 11.3 Å². The SMILES string of the molecule is CCCNCc1nc(N2CCOCC2)ccc1Cl. The van der Waals surface area contributed by atoms with E-state index in [4.69, 9.17) is 16.3 Å². The molecule has 1 aliphatic heterocycles. The Morgan fingerprint density at radius 3 is 2.89 bits per heavy atom. The van der Waals surface area contributed by atoms with Crippen molar-refractivity contribution in [3.8, 4) is 0 Å². The van der Waals surface area contributed by atoms with Gasteiger partial charge in [0.25, 0.3) is 0 Å². The van der Waals surface area contributed by atoms with Crippen LogP contribution in [0.15, 0.2) is 12.1 Å². The van der Waals surface area contributed by atoms with Gasteiger partial charge in [-0.15, -0.1) is 0 Å². The van der Waals surface area contributed by atoms with Crippen molar-refractivity contribution in [2.45, 2.75) is 19.9 Å². The third kappa shape index (κ3) is 3.57. The molecule has 1 N–H and O–H groups in total. The van der Waals surface area contributed by atoms with Gasteiger partial charge in [-0.3, -0.25) is 0 Å². The van der Waals surface area contributed by atoms with Crippen LogP contribution in [0.2, 0.25) is 5.02 Å². The Balaban J connectivity index is 2.04. The second kappa shape index (κ2) is 6.92. The molecule has 0 aromatic carbocycles. The number of nitrogens with one attached hydrogen (secondary N) is 1. The van der Waals surface area contributed by atoms with Crippen molar-refractivity contribution < 1.29 is 4.74 Å². The number of morpholine rings is 1. The molecule has 0 radical (unpaired) electrons. The first kappa shape index (κ1) is 13.6. The number of ether oxygens (including phenoxy) is 1. The van der Waals surface area contributed by atoms with Gasteiger partial charge in [-0.1, -0.05) is 18.5 Å². The van der Waals surface area contributed by atoms with E-state index in [0.717, 1.165) is 62.3 Å². The monoisotopic (exact) mass is 269 g/mol. The molecule has 5 heteroatoms. The molecule has 1 aliphatic rings. The van der Waals surface area contributed by atoms with E-state index in [2.05, 4.69) is 22.1 Å². The zero-order valence-corrected chi connectivity index (χ0v) is 11.5. The maximum atomic E-state index is 6.17. The zero-order chi connectivity index (χ0) is 12.8. The third-order valence-corrected chi connectivity index (χ3v) is 3.30. The average Bonchev–Trinajstić information content (AvgIpc) is 2.42. The van der Waals surface area contributed by atoms with E-state index < -0.39 is 0 Å². The number of pyridine rings is 1. The Bertz CT molecular complexity index is 380. The smallest absolute Gasteiger partial charge is 0.129 e. The van der Waals surface area contributed by atoms with E-state index in [1.54, 1.807) is 0 Å². The summed E-state index contributed by atoms with van der Waals surface area (Å²) in [6.45, 7) is 7.20. The van der Waals surface area contributed by atoms with Crippen LogP contribution in [0.1, 0.15) is 19.0 Å². The first-order valence-corrected chi connectivity index (χ1v) is 6.88. The minimum atomic E-state index is 0.727. The Morgan fingerprint density at radius 2 is 2.17 bits per heavy atom. The summed E-state index contributed by atoms with van der Waals surface area (Å²) in [5, 5.41) is 4.06. The first-order chi connectivity index (χ1) is 8.81. The van der Waals surface area contributed by atoms with Crippen LogP contribution in [0.5, 0.6) is 0 Å². The van der Waals surface area contributed by atoms with Crippen molar-refractivity contribution in [2.24, 2.45) is 0 Å². The molecule has 4 nitrogen and oxygen atoms in total. The van der Waals surface area contributed by atoms with Crippen molar-refractivity contribution in [3.63, 3.8) is 0 Å². The largest absolute Gasteiger partial charge is 0.378 e. The van der Waals surface area contributed by atoms with Gasteiger partial charge >= 0.3 is 0 Å². The molecule has 0 spiro atoms. The molecule has 2 rings (SSSR count). The minimum absolute atomic E-state index is 0.727. The molecule has 18 heavy (non-hydrogen) atoms. The van der Waals surface area contributed by atoms with Crippen molar-refractivity contribution in [2.75, 3.05) is 37.7 Å². The summed E-state index contributed by atoms with van der Waals surface area (Å²) in [7, 11) is 0. The fourth-order valence-corrected chi connectivity index (χ4v) is 2.12. The molecule has 1 saturated heterocycles. The molecule has 0 unspecified atom stereocenters. The highest BCUT2D eigenvalue weighted by molar-refractivity contribution is 6.31. The predicted octanol–water partition coefficient (Wildman–Crippen LogP) is 2.07. The van der Waals surface area contributed by atoms with Gasteiger partial charge in [-0.05, 0) is 25.1 Å². The topological polar surface area (TPSA) is 37.4 Å². The van der Waals surface area contributed by atoms with Crippen LogP contribution in [0, 0.1) is 0 Å². The second-order valence-corrected chi connectivity index (χ2v) is 4.78. The first-order valence-electron chi connectivity index (χ1n) is 6.50. The minimum Gasteiger partial charge on any atom is -0.378 e. The highest BCUT2D eigenvalue weighted by Crippen LogP contribution is 2.20. The van der Waals surface area contributed by atoms with Gasteiger partial charge in [-0.2, -0.15) is 0 Å². The van der Waals surface area contributed by atoms with Gasteiger partial charge in [0.2, 0.25) is 0 Å². The van der Waals surface area contributed by atoms with Crippen LogP contribution in [0.25, 0.3) is 0 Å². The molecule has 1 fully saturated rings. The molecule has 0 bridgehead atoms. The number of aromatic nitrogens is 1. The third-order valence-electron chi connectivity index (χ3n) is 2.96. The number of nitrogens with zero attached hydrogens (tertiary/aromatic N) is 2. The molecule has 0 saturated carbocycles. The molecule has 0 aliphatic carbocycles. The maximum absolute atomic E-state index is 6.17. The van der Waals surface area contributed by atoms with Crippen LogP contribution in [0.4, 0.5) is 5.82 Å². The van der Waals surface area contributed by atoms with Crippen LogP contribution >= 0.6 is 11.6 Å². The summed E-state index contributed by atoms with van der Waals surface area (Å²) in [5.41, 5.74) is 0.925. The summed E-state index contributed by atoms with van der Waals surface area (Å²) in [5.74, 6) is 0.996. The van der Waals surface area contributed by atoms with E-state index in [1.807, 2.05) is 12.1 Å². The van der Waals surface area contributed by atoms with Gasteiger partial charge < -0.3 is 15.0 Å². The highest BCUT2D eigenvalue weighted by atomic mass is 35.5. The zero-order valence-electron chi connectivity index (χ0n) is 10.8. The van der Waals surface area contributed by atoms with Crippen molar-refractivity contribution in [1.82, 2.24) is 10.3 Å². The Labute approximate surface area is 113 Å². The summed E-state index contributed by atoms with van der Waals surface area (Å²) in [6, 6.07) is 3.92. The molecule has 0 amide bonds. The van der Waals surface area contributed by atoms with Crippen LogP contribution in [-0.4, -0.2) is 37.8 Å². The number of hydrogen-bond acceptors (Lipinski definition) is 4. The number of halogens is 1. The molecular formula is C13H20ClN3O. The molecule has 1 aromatic rings. The van der Waals surface area contributed by atoms with Gasteiger partial charge in [0.1, 0.15) is 5.82 Å². The van der Waals surface area contributed by atoms with E-state index in [1.165, 1.54) is 0 Å². The van der Waals surface area contributed by atoms with E-state index >= 15 is 0 Å². The maximum Gasteiger partial charge on any atom is 0.129 e. The van der Waals surface area contributed by atoms with Crippen molar-refractivity contribution in [3.05, 3.63) is 22.8 Å². The summed E-state index contributed by atoms with van der Waals surface area (Å²) in [4.78, 5) is 6.88. The standard InChI is InChI=1S/C13H20ClN3O/c1-2-5-15-10-12-11(14)3-4-13(16-12)17-6-8-18-9-7-17/h3-4,15H,2,5-10H2,1H3. The Kier molecular flexibility index (Phi) is 5.23. The molecule has 0 atom stereocenters. The number of anilines is 1. The quantitative estimate of drug-likeness (QED) is 0.831. The van der Waals surface area contributed by atoms with Crippen molar-refractivity contribution in [1.29, 1.82) is 0 Å².